The fourth-order valence-corrected chi connectivity index (χ4v) is 1.02. The van der Waals surface area contributed by atoms with Crippen molar-refractivity contribution in [3.8, 4) is 5.75 Å². The van der Waals surface area contributed by atoms with Crippen LogP contribution in [0.1, 0.15) is 11.1 Å². The zero-order valence-corrected chi connectivity index (χ0v) is 6.91. The SMILES string of the molecule is [N-]=C(O)c1ccc(CCl)cc1O. The molecule has 0 fully saturated rings. The van der Waals surface area contributed by atoms with Crippen molar-refractivity contribution in [1.82, 2.24) is 0 Å². The van der Waals surface area contributed by atoms with Crippen molar-refractivity contribution in [3.63, 3.8) is 0 Å². The van der Waals surface area contributed by atoms with Crippen LogP contribution in [0, 0.1) is 0 Å². The monoisotopic (exact) mass is 184 g/mol. The molecule has 4 heteroatoms. The molecule has 0 aliphatic carbocycles. The van der Waals surface area contributed by atoms with Crippen LogP contribution in [0.2, 0.25) is 0 Å². The average molecular weight is 185 g/mol. The van der Waals surface area contributed by atoms with Crippen LogP contribution in [0.15, 0.2) is 18.2 Å². The molecule has 0 saturated heterocycles. The van der Waals surface area contributed by atoms with Crippen LogP contribution >= 0.6 is 11.6 Å². The molecule has 0 aliphatic rings. The van der Waals surface area contributed by atoms with Crippen LogP contribution in [0.3, 0.4) is 0 Å². The van der Waals surface area contributed by atoms with Crippen molar-refractivity contribution in [2.45, 2.75) is 5.88 Å². The van der Waals surface area contributed by atoms with Gasteiger partial charge in [0.15, 0.2) is 0 Å². The zero-order chi connectivity index (χ0) is 9.14. The molecule has 1 aromatic carbocycles. The molecular formula is C8H7ClNO2-. The second-order valence-corrected chi connectivity index (χ2v) is 2.58. The summed E-state index contributed by atoms with van der Waals surface area (Å²) >= 11 is 5.49. The lowest BCUT2D eigenvalue weighted by molar-refractivity contribution is 0.469. The molecule has 3 nitrogen and oxygen atoms in total. The topological polar surface area (TPSA) is 62.8 Å². The molecule has 0 aromatic heterocycles. The predicted octanol–water partition coefficient (Wildman–Crippen LogP) is 2.01. The summed E-state index contributed by atoms with van der Waals surface area (Å²) in [5.41, 5.74) is 0.725. The van der Waals surface area contributed by atoms with Crippen molar-refractivity contribution in [2.75, 3.05) is 0 Å². The Balaban J connectivity index is 3.12. The molecule has 0 amide bonds. The van der Waals surface area contributed by atoms with Gasteiger partial charge < -0.3 is 15.6 Å². The van der Waals surface area contributed by atoms with Gasteiger partial charge in [0, 0.05) is 17.3 Å². The van der Waals surface area contributed by atoms with Gasteiger partial charge in [-0.25, -0.2) is 0 Å². The first-order chi connectivity index (χ1) is 5.65. The van der Waals surface area contributed by atoms with Crippen molar-refractivity contribution in [1.29, 1.82) is 0 Å². The Morgan fingerprint density at radius 3 is 2.58 bits per heavy atom. The van der Waals surface area contributed by atoms with Gasteiger partial charge in [0.25, 0.3) is 0 Å². The molecule has 0 saturated carbocycles. The molecule has 1 rings (SSSR count). The Kier molecular flexibility index (Phi) is 2.55. The summed E-state index contributed by atoms with van der Waals surface area (Å²) in [7, 11) is 0. The minimum absolute atomic E-state index is 0.00358. The molecule has 0 heterocycles. The number of phenolic OH excluding ortho intramolecular Hbond substituents is 1. The Labute approximate surface area is 74.7 Å². The number of benzene rings is 1. The van der Waals surface area contributed by atoms with Gasteiger partial charge in [-0.2, -0.15) is 0 Å². The quantitative estimate of drug-likeness (QED) is 0.420. The summed E-state index contributed by atoms with van der Waals surface area (Å²) in [6, 6.07) is 4.38. The van der Waals surface area contributed by atoms with Crippen molar-refractivity contribution < 1.29 is 10.2 Å². The maximum atomic E-state index is 9.19. The number of aliphatic hydroxyl groups is 1. The fourth-order valence-electron chi connectivity index (χ4n) is 0.849. The summed E-state index contributed by atoms with van der Waals surface area (Å²) in [4.78, 5) is 0. The van der Waals surface area contributed by atoms with Crippen molar-refractivity contribution in [2.24, 2.45) is 0 Å². The fraction of sp³-hybridized carbons (Fsp3) is 0.125. The van der Waals surface area contributed by atoms with Crippen LogP contribution in [0.4, 0.5) is 0 Å². The van der Waals surface area contributed by atoms with Crippen molar-refractivity contribution >= 4 is 17.5 Å². The molecule has 2 N–H and O–H groups in total. The standard InChI is InChI=1S/C8H7ClNO2/c9-4-5-1-2-6(8(10)12)7(11)3-5/h1-3H,4H2,(H2-,10,11,12)/q-1. The normalized spacial score (nSPS) is 9.75. The van der Waals surface area contributed by atoms with Crippen LogP contribution in [-0.2, 0) is 5.88 Å². The Hall–Kier alpha value is -1.22. The lowest BCUT2D eigenvalue weighted by Crippen LogP contribution is -1.96. The first-order valence-corrected chi connectivity index (χ1v) is 3.81. The van der Waals surface area contributed by atoms with Crippen molar-refractivity contribution in [3.05, 3.63) is 34.7 Å². The highest BCUT2D eigenvalue weighted by Gasteiger charge is 2.00. The number of halogens is 1. The maximum absolute atomic E-state index is 9.19. The van der Waals surface area contributed by atoms with Crippen LogP contribution in [0.25, 0.3) is 5.41 Å². The van der Waals surface area contributed by atoms with Crippen LogP contribution in [0.5, 0.6) is 5.75 Å². The molecule has 0 radical (unpaired) electrons. The molecule has 0 unspecified atom stereocenters. The minimum Gasteiger partial charge on any atom is -0.771 e. The molecule has 1 aromatic rings. The highest BCUT2D eigenvalue weighted by Crippen LogP contribution is 2.19. The van der Waals surface area contributed by atoms with Crippen LogP contribution < -0.4 is 0 Å². The Morgan fingerprint density at radius 2 is 2.17 bits per heavy atom. The third kappa shape index (κ3) is 1.68. The lowest BCUT2D eigenvalue weighted by Gasteiger charge is -2.07. The first-order valence-electron chi connectivity index (χ1n) is 3.28. The summed E-state index contributed by atoms with van der Waals surface area (Å²) in [6.07, 6.45) is 0. The van der Waals surface area contributed by atoms with Gasteiger partial charge in [-0.15, -0.1) is 11.6 Å². The van der Waals surface area contributed by atoms with Gasteiger partial charge in [-0.3, -0.25) is 0 Å². The van der Waals surface area contributed by atoms with Gasteiger partial charge in [0.05, 0.1) is 0 Å². The third-order valence-corrected chi connectivity index (χ3v) is 1.77. The van der Waals surface area contributed by atoms with Gasteiger partial charge in [0.1, 0.15) is 5.75 Å². The molecule has 12 heavy (non-hydrogen) atoms. The van der Waals surface area contributed by atoms with E-state index in [0.717, 1.165) is 5.56 Å². The highest BCUT2D eigenvalue weighted by atomic mass is 35.5. The number of nitrogens with zero attached hydrogens (tertiary/aromatic N) is 1. The molecule has 0 bridgehead atoms. The van der Waals surface area contributed by atoms with Crippen LogP contribution in [-0.4, -0.2) is 16.1 Å². The summed E-state index contributed by atoms with van der Waals surface area (Å²) in [5, 5.41) is 26.5. The number of aromatic hydroxyl groups is 1. The zero-order valence-electron chi connectivity index (χ0n) is 6.16. The number of phenols is 1. The molecule has 0 aliphatic heterocycles. The minimum atomic E-state index is -0.895. The largest absolute Gasteiger partial charge is 0.771 e. The predicted molar refractivity (Wildman–Crippen MR) is 47.8 cm³/mol. The molecule has 0 atom stereocenters. The van der Waals surface area contributed by atoms with E-state index in [-0.39, 0.29) is 17.2 Å². The van der Waals surface area contributed by atoms with E-state index in [1.54, 1.807) is 6.07 Å². The van der Waals surface area contributed by atoms with Gasteiger partial charge >= 0.3 is 0 Å². The van der Waals surface area contributed by atoms with E-state index in [1.807, 2.05) is 0 Å². The third-order valence-electron chi connectivity index (χ3n) is 1.46. The molecular weight excluding hydrogens is 178 g/mol. The van der Waals surface area contributed by atoms with E-state index in [4.69, 9.17) is 22.1 Å². The summed E-state index contributed by atoms with van der Waals surface area (Å²) in [5.74, 6) is -0.804. The van der Waals surface area contributed by atoms with E-state index < -0.39 is 5.90 Å². The highest BCUT2D eigenvalue weighted by molar-refractivity contribution is 6.17. The van der Waals surface area contributed by atoms with Gasteiger partial charge in [0.2, 0.25) is 0 Å². The second-order valence-electron chi connectivity index (χ2n) is 2.31. The molecule has 0 spiro atoms. The molecule has 64 valence electrons. The summed E-state index contributed by atoms with van der Waals surface area (Å²) in [6.45, 7) is 0. The average Bonchev–Trinajstić information content (AvgIpc) is 2.03. The number of aliphatic hydroxyl groups excluding tert-OH is 1. The Bertz CT molecular complexity index is 312. The van der Waals surface area contributed by atoms with E-state index in [0.29, 0.717) is 0 Å². The van der Waals surface area contributed by atoms with E-state index in [9.17, 15) is 5.11 Å². The lowest BCUT2D eigenvalue weighted by atomic mass is 10.1. The number of hydrogen-bond acceptors (Lipinski definition) is 1. The smallest absolute Gasteiger partial charge is 0.124 e. The maximum Gasteiger partial charge on any atom is 0.124 e. The van der Waals surface area contributed by atoms with Gasteiger partial charge in [-0.05, 0) is 17.7 Å². The number of rotatable bonds is 2. The van der Waals surface area contributed by atoms with E-state index in [1.165, 1.54) is 12.1 Å². The summed E-state index contributed by atoms with van der Waals surface area (Å²) < 4.78 is 0. The number of hydrogen-bond donors (Lipinski definition) is 2. The second kappa shape index (κ2) is 3.45. The van der Waals surface area contributed by atoms with E-state index in [2.05, 4.69) is 0 Å². The van der Waals surface area contributed by atoms with Gasteiger partial charge in [-0.1, -0.05) is 6.07 Å². The Morgan fingerprint density at radius 1 is 1.50 bits per heavy atom. The number of alkyl halides is 1. The first kappa shape index (κ1) is 8.87. The van der Waals surface area contributed by atoms with E-state index >= 15 is 0 Å².